The lowest BCUT2D eigenvalue weighted by Crippen LogP contribution is -2.54. The zero-order valence-electron chi connectivity index (χ0n) is 18.6. The van der Waals surface area contributed by atoms with E-state index in [-0.39, 0.29) is 38.1 Å². The van der Waals surface area contributed by atoms with Crippen LogP contribution < -0.4 is 0 Å². The molecule has 1 fully saturated rings. The van der Waals surface area contributed by atoms with Crippen LogP contribution in [0.15, 0.2) is 0 Å². The van der Waals surface area contributed by atoms with E-state index in [1.165, 1.54) is 0 Å². The number of rotatable bonds is 13. The van der Waals surface area contributed by atoms with E-state index in [0.29, 0.717) is 32.1 Å². The van der Waals surface area contributed by atoms with Crippen molar-refractivity contribution in [3.05, 3.63) is 0 Å². The maximum atomic E-state index is 12.4. The SMILES string of the molecule is CCCC(=O)C[C@H]1C(OC(=O)CCC)OC[C@@H](OC(=O)CCC)[C@@H]1OC(=O)CCC. The molecule has 0 amide bonds. The van der Waals surface area contributed by atoms with Gasteiger partial charge in [0.25, 0.3) is 0 Å². The van der Waals surface area contributed by atoms with Crippen molar-refractivity contribution >= 4 is 23.7 Å². The lowest BCUT2D eigenvalue weighted by molar-refractivity contribution is -0.255. The van der Waals surface area contributed by atoms with Crippen LogP contribution in [0.2, 0.25) is 0 Å². The summed E-state index contributed by atoms with van der Waals surface area (Å²) in [6, 6.07) is 0. The normalized spacial score (nSPS) is 23.5. The first-order valence-electron chi connectivity index (χ1n) is 11.1. The van der Waals surface area contributed by atoms with E-state index in [0.717, 1.165) is 0 Å². The molecule has 8 heteroatoms. The van der Waals surface area contributed by atoms with Crippen molar-refractivity contribution in [1.82, 2.24) is 0 Å². The smallest absolute Gasteiger partial charge is 0.308 e. The third-order valence-corrected chi connectivity index (χ3v) is 4.72. The summed E-state index contributed by atoms with van der Waals surface area (Å²) in [7, 11) is 0. The number of hydrogen-bond acceptors (Lipinski definition) is 8. The third kappa shape index (κ3) is 8.81. The van der Waals surface area contributed by atoms with Gasteiger partial charge in [0.2, 0.25) is 6.29 Å². The molecule has 0 radical (unpaired) electrons. The maximum Gasteiger partial charge on any atom is 0.308 e. The molecule has 0 N–H and O–H groups in total. The highest BCUT2D eigenvalue weighted by Crippen LogP contribution is 2.31. The van der Waals surface area contributed by atoms with Crippen LogP contribution in [0.4, 0.5) is 0 Å². The minimum atomic E-state index is -1.04. The predicted molar refractivity (Wildman–Crippen MR) is 108 cm³/mol. The van der Waals surface area contributed by atoms with Gasteiger partial charge in [0.15, 0.2) is 12.2 Å². The fourth-order valence-electron chi connectivity index (χ4n) is 3.32. The van der Waals surface area contributed by atoms with Gasteiger partial charge in [-0.3, -0.25) is 19.2 Å². The van der Waals surface area contributed by atoms with Crippen LogP contribution in [0, 0.1) is 5.92 Å². The summed E-state index contributed by atoms with van der Waals surface area (Å²) in [6.07, 6.45) is 0.660. The Balaban J connectivity index is 3.12. The summed E-state index contributed by atoms with van der Waals surface area (Å²) in [5.74, 6) is -2.12. The highest BCUT2D eigenvalue weighted by Gasteiger charge is 2.47. The summed E-state index contributed by atoms with van der Waals surface area (Å²) in [6.45, 7) is 7.36. The molecule has 1 rings (SSSR count). The molecule has 1 aliphatic rings. The number of ether oxygens (including phenoxy) is 4. The van der Waals surface area contributed by atoms with E-state index in [2.05, 4.69) is 0 Å². The monoisotopic (exact) mass is 428 g/mol. The van der Waals surface area contributed by atoms with Crippen LogP contribution in [0.3, 0.4) is 0 Å². The van der Waals surface area contributed by atoms with Crippen molar-refractivity contribution in [2.24, 2.45) is 5.92 Å². The molecule has 0 aromatic rings. The summed E-state index contributed by atoms with van der Waals surface area (Å²) in [5.41, 5.74) is 0. The van der Waals surface area contributed by atoms with Gasteiger partial charge in [-0.15, -0.1) is 0 Å². The average Bonchev–Trinajstić information content (AvgIpc) is 2.67. The second-order valence-corrected chi connectivity index (χ2v) is 7.58. The van der Waals surface area contributed by atoms with Gasteiger partial charge >= 0.3 is 17.9 Å². The minimum absolute atomic E-state index is 0.00378. The average molecular weight is 429 g/mol. The molecule has 0 saturated carbocycles. The van der Waals surface area contributed by atoms with Gasteiger partial charge in [-0.2, -0.15) is 0 Å². The summed E-state index contributed by atoms with van der Waals surface area (Å²) >= 11 is 0. The van der Waals surface area contributed by atoms with E-state index in [1.807, 2.05) is 27.7 Å². The molecule has 1 aliphatic heterocycles. The lowest BCUT2D eigenvalue weighted by atomic mass is 9.88. The first kappa shape index (κ1) is 26.1. The molecule has 0 bridgehead atoms. The van der Waals surface area contributed by atoms with Crippen molar-refractivity contribution in [3.63, 3.8) is 0 Å². The van der Waals surface area contributed by atoms with Crippen molar-refractivity contribution in [2.75, 3.05) is 6.61 Å². The number of ketones is 1. The van der Waals surface area contributed by atoms with Gasteiger partial charge in [0.05, 0.1) is 12.5 Å². The Hall–Kier alpha value is -1.96. The molecular formula is C22H36O8. The molecule has 1 saturated heterocycles. The Labute approximate surface area is 178 Å². The third-order valence-electron chi connectivity index (χ3n) is 4.72. The van der Waals surface area contributed by atoms with Crippen LogP contribution in [0.5, 0.6) is 0 Å². The molecule has 4 atom stereocenters. The van der Waals surface area contributed by atoms with E-state index < -0.39 is 42.3 Å². The van der Waals surface area contributed by atoms with E-state index in [9.17, 15) is 19.2 Å². The van der Waals surface area contributed by atoms with E-state index >= 15 is 0 Å². The topological polar surface area (TPSA) is 105 Å². The van der Waals surface area contributed by atoms with Gasteiger partial charge in [-0.05, 0) is 25.7 Å². The Kier molecular flexibility index (Phi) is 12.3. The van der Waals surface area contributed by atoms with E-state index in [4.69, 9.17) is 18.9 Å². The van der Waals surface area contributed by atoms with Gasteiger partial charge in [-0.1, -0.05) is 27.7 Å². The number of Topliss-reactive ketones (excluding diaryl/α,β-unsaturated/α-hetero) is 1. The molecule has 8 nitrogen and oxygen atoms in total. The molecule has 0 aliphatic carbocycles. The summed E-state index contributed by atoms with van der Waals surface area (Å²) in [5, 5.41) is 0. The highest BCUT2D eigenvalue weighted by molar-refractivity contribution is 5.79. The maximum absolute atomic E-state index is 12.4. The van der Waals surface area contributed by atoms with Crippen LogP contribution in [-0.4, -0.2) is 48.8 Å². The van der Waals surface area contributed by atoms with Crippen LogP contribution >= 0.6 is 0 Å². The lowest BCUT2D eigenvalue weighted by Gasteiger charge is -2.40. The Morgan fingerprint density at radius 2 is 1.23 bits per heavy atom. The van der Waals surface area contributed by atoms with E-state index in [1.54, 1.807) is 0 Å². The standard InChI is InChI=1S/C22H36O8/c1-5-9-15(23)13-16-21(29-19(25)11-7-3)17(28-18(24)10-6-2)14-27-22(16)30-20(26)12-8-4/h16-17,21-22H,5-14H2,1-4H3/t16-,17-,21-,22?/m1/s1. The van der Waals surface area contributed by atoms with Gasteiger partial charge < -0.3 is 18.9 Å². The second-order valence-electron chi connectivity index (χ2n) is 7.58. The van der Waals surface area contributed by atoms with Gasteiger partial charge in [-0.25, -0.2) is 0 Å². The molecule has 172 valence electrons. The largest absolute Gasteiger partial charge is 0.458 e. The van der Waals surface area contributed by atoms with Crippen LogP contribution in [-0.2, 0) is 38.1 Å². The molecule has 0 aromatic carbocycles. The number of esters is 3. The van der Waals surface area contributed by atoms with Crippen LogP contribution in [0.25, 0.3) is 0 Å². The zero-order valence-corrected chi connectivity index (χ0v) is 18.6. The van der Waals surface area contributed by atoms with Crippen molar-refractivity contribution < 1.29 is 38.1 Å². The number of carbonyl (C=O) groups is 4. The number of hydrogen-bond donors (Lipinski definition) is 0. The van der Waals surface area contributed by atoms with Gasteiger partial charge in [0.1, 0.15) is 5.78 Å². The molecule has 30 heavy (non-hydrogen) atoms. The Bertz CT molecular complexity index is 523. The Morgan fingerprint density at radius 3 is 1.77 bits per heavy atom. The molecule has 0 aromatic heterocycles. The fourth-order valence-corrected chi connectivity index (χ4v) is 3.32. The van der Waals surface area contributed by atoms with Crippen molar-refractivity contribution in [1.29, 1.82) is 0 Å². The zero-order chi connectivity index (χ0) is 22.5. The minimum Gasteiger partial charge on any atom is -0.458 e. The predicted octanol–water partition coefficient (Wildman–Crippen LogP) is 3.49. The summed E-state index contributed by atoms with van der Waals surface area (Å²) in [4.78, 5) is 48.8. The van der Waals surface area contributed by atoms with Crippen LogP contribution in [0.1, 0.15) is 85.5 Å². The first-order valence-corrected chi connectivity index (χ1v) is 11.1. The summed E-state index contributed by atoms with van der Waals surface area (Å²) < 4.78 is 22.3. The molecular weight excluding hydrogens is 392 g/mol. The molecule has 1 unspecified atom stereocenters. The number of carbonyl (C=O) groups excluding carboxylic acids is 4. The second kappa shape index (κ2) is 14.1. The molecule has 1 heterocycles. The quantitative estimate of drug-likeness (QED) is 0.324. The molecule has 0 spiro atoms. The van der Waals surface area contributed by atoms with Crippen molar-refractivity contribution in [2.45, 2.75) is 104 Å². The van der Waals surface area contributed by atoms with Gasteiger partial charge in [0, 0.05) is 32.1 Å². The fraction of sp³-hybridized carbons (Fsp3) is 0.818. The highest BCUT2D eigenvalue weighted by atomic mass is 16.7. The first-order chi connectivity index (χ1) is 14.4. The van der Waals surface area contributed by atoms with Crippen molar-refractivity contribution in [3.8, 4) is 0 Å². The Morgan fingerprint density at radius 1 is 0.733 bits per heavy atom.